The Balaban J connectivity index is 1.30. The number of hydrogen-bond acceptors (Lipinski definition) is 9. The van der Waals surface area contributed by atoms with Crippen molar-refractivity contribution in [3.8, 4) is 0 Å². The van der Waals surface area contributed by atoms with Crippen molar-refractivity contribution >= 4 is 39.2 Å². The highest BCUT2D eigenvalue weighted by molar-refractivity contribution is 7.89. The summed E-state index contributed by atoms with van der Waals surface area (Å²) in [5, 5.41) is 18.1. The molecule has 4 rings (SSSR count). The Hall–Kier alpha value is -4.40. The molecule has 3 aromatic rings. The molecule has 1 atom stereocenters. The molecule has 0 spiro atoms. The van der Waals surface area contributed by atoms with E-state index in [-0.39, 0.29) is 38.6 Å². The Kier molecular flexibility index (Phi) is 11.2. The Morgan fingerprint density at radius 1 is 1.09 bits per heavy atom. The van der Waals surface area contributed by atoms with Crippen LogP contribution in [-0.2, 0) is 32.4 Å². The molecule has 1 amide bonds. The predicted octanol–water partition coefficient (Wildman–Crippen LogP) is 4.22. The molecular formula is C30H35ClN6O7S. The molecule has 2 N–H and O–H groups in total. The number of amides is 1. The summed E-state index contributed by atoms with van der Waals surface area (Å²) in [7, 11) is -4.05. The quantitative estimate of drug-likeness (QED) is 0.0647. The molecule has 1 unspecified atom stereocenters. The lowest BCUT2D eigenvalue weighted by molar-refractivity contribution is -0.710. The molecular weight excluding hydrogens is 624 g/mol. The molecule has 0 saturated heterocycles. The number of hydrazine groups is 2. The summed E-state index contributed by atoms with van der Waals surface area (Å²) >= 11 is 6.24. The molecule has 15 heteroatoms. The van der Waals surface area contributed by atoms with E-state index in [4.69, 9.17) is 21.2 Å². The molecule has 0 bridgehead atoms. The molecule has 1 aliphatic rings. The van der Waals surface area contributed by atoms with E-state index >= 15 is 0 Å². The minimum Gasteiger partial charge on any atom is -0.569 e. The van der Waals surface area contributed by atoms with E-state index < -0.39 is 28.7 Å². The van der Waals surface area contributed by atoms with E-state index in [1.165, 1.54) is 35.3 Å². The second kappa shape index (κ2) is 15.1. The molecule has 0 fully saturated rings. The lowest BCUT2D eigenvalue weighted by atomic mass is 10.1. The lowest BCUT2D eigenvalue weighted by Crippen LogP contribution is -2.45. The van der Waals surface area contributed by atoms with E-state index in [9.17, 15) is 23.2 Å². The van der Waals surface area contributed by atoms with Crippen LogP contribution in [0.2, 0.25) is 5.02 Å². The predicted molar refractivity (Wildman–Crippen MR) is 167 cm³/mol. The van der Waals surface area contributed by atoms with Gasteiger partial charge in [0.15, 0.2) is 0 Å². The summed E-state index contributed by atoms with van der Waals surface area (Å²) in [6, 6.07) is 18.3. The van der Waals surface area contributed by atoms with Gasteiger partial charge in [-0.3, -0.25) is 15.2 Å². The number of esters is 1. The number of nitrogens with zero attached hydrogens (tertiary/aromatic N) is 4. The fourth-order valence-corrected chi connectivity index (χ4v) is 6.28. The van der Waals surface area contributed by atoms with Crippen LogP contribution in [0.3, 0.4) is 0 Å². The molecule has 45 heavy (non-hydrogen) atoms. The minimum atomic E-state index is -4.05. The van der Waals surface area contributed by atoms with Gasteiger partial charge in [-0.05, 0) is 81.1 Å². The third-order valence-electron chi connectivity index (χ3n) is 7.15. The summed E-state index contributed by atoms with van der Waals surface area (Å²) < 4.78 is 33.7. The number of sulfonamides is 1. The average molecular weight is 659 g/mol. The number of hydrogen-bond donors (Lipinski definition) is 2. The first-order chi connectivity index (χ1) is 21.5. The van der Waals surface area contributed by atoms with Crippen LogP contribution < -0.4 is 15.2 Å². The highest BCUT2D eigenvalue weighted by atomic mass is 35.5. The van der Waals surface area contributed by atoms with Crippen LogP contribution in [-0.4, -0.2) is 62.7 Å². The Bertz CT molecular complexity index is 1650. The van der Waals surface area contributed by atoms with Gasteiger partial charge in [0.25, 0.3) is 12.7 Å². The second-order valence-electron chi connectivity index (χ2n) is 10.1. The molecule has 0 radical (unpaired) electrons. The Morgan fingerprint density at radius 2 is 1.78 bits per heavy atom. The van der Waals surface area contributed by atoms with Gasteiger partial charge in [-0.1, -0.05) is 41.9 Å². The zero-order chi connectivity index (χ0) is 32.6. The number of para-hydroxylation sites is 1. The maximum absolute atomic E-state index is 13.1. The van der Waals surface area contributed by atoms with Crippen molar-refractivity contribution in [2.75, 3.05) is 31.4 Å². The SMILES string of the molecule is CCN(CC)[N+]([O-])=NOCOC(=O)c1ccc(CCNS(=O)(=O)c2cc(C(=O)NN3c4ccccc4CC3C)ccc2Cl)cc1. The van der Waals surface area contributed by atoms with Crippen molar-refractivity contribution in [3.63, 3.8) is 0 Å². The summed E-state index contributed by atoms with van der Waals surface area (Å²) in [5.41, 5.74) is 6.02. The zero-order valence-corrected chi connectivity index (χ0v) is 26.7. The van der Waals surface area contributed by atoms with Gasteiger partial charge in [0.1, 0.15) is 4.90 Å². The minimum absolute atomic E-state index is 0.0189. The highest BCUT2D eigenvalue weighted by Gasteiger charge is 2.28. The fraction of sp³-hybridized carbons (Fsp3) is 0.333. The lowest BCUT2D eigenvalue weighted by Gasteiger charge is -2.25. The van der Waals surface area contributed by atoms with E-state index in [1.807, 2.05) is 31.2 Å². The first-order valence-electron chi connectivity index (χ1n) is 14.3. The average Bonchev–Trinajstić information content (AvgIpc) is 3.34. The first kappa shape index (κ1) is 33.5. The smallest absolute Gasteiger partial charge is 0.341 e. The van der Waals surface area contributed by atoms with E-state index in [2.05, 4.69) is 15.4 Å². The third-order valence-corrected chi connectivity index (χ3v) is 9.09. The van der Waals surface area contributed by atoms with Crippen LogP contribution >= 0.6 is 11.6 Å². The van der Waals surface area contributed by atoms with Gasteiger partial charge in [0, 0.05) is 12.1 Å². The summed E-state index contributed by atoms with van der Waals surface area (Å²) in [5.74, 6) is -1.14. The van der Waals surface area contributed by atoms with E-state index in [1.54, 1.807) is 31.0 Å². The first-order valence-corrected chi connectivity index (χ1v) is 16.2. The van der Waals surface area contributed by atoms with Gasteiger partial charge < -0.3 is 14.8 Å². The number of ether oxygens (including phenoxy) is 1. The van der Waals surface area contributed by atoms with Gasteiger partial charge in [-0.15, -0.1) is 5.01 Å². The molecule has 3 aromatic carbocycles. The standard InChI is InChI=1S/C30H35ClN6O7S/c1-4-35(5-2)37(40)34-44-20-43-30(39)23-12-10-22(11-13-23)16-17-32-45(41,42)28-19-25(14-15-26(28)31)29(38)33-36-21(3)18-24-8-6-7-9-27(24)36/h6-15,19,21,32H,4-5,16-18,20H2,1-3H3,(H,33,38). The maximum atomic E-state index is 13.1. The van der Waals surface area contributed by atoms with Crippen molar-refractivity contribution in [1.29, 1.82) is 0 Å². The van der Waals surface area contributed by atoms with Crippen molar-refractivity contribution in [1.82, 2.24) is 15.2 Å². The van der Waals surface area contributed by atoms with Gasteiger partial charge in [-0.25, -0.2) is 17.9 Å². The largest absolute Gasteiger partial charge is 0.569 e. The van der Waals surface area contributed by atoms with Crippen LogP contribution in [0.15, 0.2) is 76.9 Å². The number of carbonyl (C=O) groups is 2. The molecule has 0 aliphatic carbocycles. The van der Waals surface area contributed by atoms with Gasteiger partial charge in [0.05, 0.1) is 40.4 Å². The summed E-state index contributed by atoms with van der Waals surface area (Å²) in [4.78, 5) is 30.2. The van der Waals surface area contributed by atoms with E-state index in [0.717, 1.165) is 23.2 Å². The molecule has 1 heterocycles. The van der Waals surface area contributed by atoms with Gasteiger partial charge in [0.2, 0.25) is 15.3 Å². The summed E-state index contributed by atoms with van der Waals surface area (Å²) in [6.45, 7) is 5.94. The number of rotatable bonds is 14. The number of benzene rings is 3. The number of halogens is 1. The summed E-state index contributed by atoms with van der Waals surface area (Å²) in [6.07, 6.45) is 1.09. The van der Waals surface area contributed by atoms with Crippen molar-refractivity contribution < 1.29 is 32.6 Å². The van der Waals surface area contributed by atoms with Crippen LogP contribution in [0.25, 0.3) is 0 Å². The van der Waals surface area contributed by atoms with Gasteiger partial charge >= 0.3 is 5.97 Å². The van der Waals surface area contributed by atoms with Crippen LogP contribution in [0, 0.1) is 5.21 Å². The van der Waals surface area contributed by atoms with Crippen molar-refractivity contribution in [3.05, 3.63) is 99.2 Å². The van der Waals surface area contributed by atoms with E-state index in [0.29, 0.717) is 19.5 Å². The Morgan fingerprint density at radius 3 is 2.49 bits per heavy atom. The maximum Gasteiger partial charge on any atom is 0.341 e. The zero-order valence-electron chi connectivity index (χ0n) is 25.1. The molecule has 0 saturated carbocycles. The number of fused-ring (bicyclic) bond motifs is 1. The number of anilines is 1. The molecule has 240 valence electrons. The second-order valence-corrected chi connectivity index (χ2v) is 12.3. The van der Waals surface area contributed by atoms with Crippen LogP contribution in [0.4, 0.5) is 5.69 Å². The van der Waals surface area contributed by atoms with Gasteiger partial charge in [-0.2, -0.15) is 0 Å². The molecule has 13 nitrogen and oxygen atoms in total. The Labute approximate surface area is 266 Å². The van der Waals surface area contributed by atoms with Crippen molar-refractivity contribution in [2.24, 2.45) is 5.28 Å². The third kappa shape index (κ3) is 8.41. The number of nitrogens with one attached hydrogen (secondary N) is 2. The van der Waals surface area contributed by atoms with Crippen LogP contribution in [0.1, 0.15) is 52.6 Å². The monoisotopic (exact) mass is 658 g/mol. The molecule has 0 aromatic heterocycles. The topological polar surface area (TPSA) is 156 Å². The fourth-order valence-electron chi connectivity index (χ4n) is 4.73. The van der Waals surface area contributed by atoms with Crippen molar-refractivity contribution in [2.45, 2.75) is 44.6 Å². The normalized spacial score (nSPS) is 14.5. The highest BCUT2D eigenvalue weighted by Crippen LogP contribution is 2.30. The number of carbonyl (C=O) groups excluding carboxylic acids is 2. The molecule has 1 aliphatic heterocycles. The van der Waals surface area contributed by atoms with Crippen LogP contribution in [0.5, 0.6) is 0 Å².